The number of hydrogen-bond donors (Lipinski definition) is 4. The zero-order valence-corrected chi connectivity index (χ0v) is 12.6. The molecule has 0 spiro atoms. The summed E-state index contributed by atoms with van der Waals surface area (Å²) in [5, 5.41) is 32.5. The lowest BCUT2D eigenvalue weighted by Gasteiger charge is -2.44. The quantitative estimate of drug-likeness (QED) is 0.684. The molecule has 23 heavy (non-hydrogen) atoms. The number of nitrogens with one attached hydrogen (secondary N) is 1. The second-order valence-electron chi connectivity index (χ2n) is 5.99. The Kier molecular flexibility index (Phi) is 4.61. The van der Waals surface area contributed by atoms with E-state index in [2.05, 4.69) is 5.32 Å². The smallest absolute Gasteiger partial charge is 0.123 e. The van der Waals surface area contributed by atoms with Gasteiger partial charge in [0.1, 0.15) is 17.8 Å². The van der Waals surface area contributed by atoms with Crippen LogP contribution in [0.3, 0.4) is 0 Å². The highest BCUT2D eigenvalue weighted by molar-refractivity contribution is 5.30. The fourth-order valence-electron chi connectivity index (χ4n) is 3.05. The van der Waals surface area contributed by atoms with Crippen LogP contribution in [-0.2, 0) is 0 Å². The fraction of sp³-hybridized carbons (Fsp3) is 0.333. The second kappa shape index (κ2) is 6.66. The molecule has 4 N–H and O–H groups in total. The van der Waals surface area contributed by atoms with E-state index >= 15 is 0 Å². The average Bonchev–Trinajstić information content (AvgIpc) is 2.54. The van der Waals surface area contributed by atoms with Crippen LogP contribution in [0.5, 0.6) is 5.75 Å². The first kappa shape index (κ1) is 15.9. The summed E-state index contributed by atoms with van der Waals surface area (Å²) >= 11 is 0. The van der Waals surface area contributed by atoms with E-state index < -0.39 is 12.3 Å². The van der Waals surface area contributed by atoms with E-state index in [-0.39, 0.29) is 23.5 Å². The van der Waals surface area contributed by atoms with Gasteiger partial charge in [0, 0.05) is 12.0 Å². The van der Waals surface area contributed by atoms with Crippen molar-refractivity contribution in [2.75, 3.05) is 0 Å². The second-order valence-corrected chi connectivity index (χ2v) is 5.99. The number of benzene rings is 2. The number of halogens is 1. The van der Waals surface area contributed by atoms with Crippen molar-refractivity contribution in [2.24, 2.45) is 5.92 Å². The predicted molar refractivity (Wildman–Crippen MR) is 84.1 cm³/mol. The van der Waals surface area contributed by atoms with Gasteiger partial charge in [-0.1, -0.05) is 24.3 Å². The van der Waals surface area contributed by atoms with Crippen molar-refractivity contribution in [1.29, 1.82) is 0 Å². The highest BCUT2D eigenvalue weighted by Gasteiger charge is 2.39. The van der Waals surface area contributed by atoms with Gasteiger partial charge in [0.05, 0.1) is 6.10 Å². The van der Waals surface area contributed by atoms with Gasteiger partial charge >= 0.3 is 0 Å². The molecule has 1 saturated heterocycles. The van der Waals surface area contributed by atoms with Crippen LogP contribution >= 0.6 is 0 Å². The Morgan fingerprint density at radius 3 is 2.30 bits per heavy atom. The Morgan fingerprint density at radius 2 is 1.70 bits per heavy atom. The zero-order chi connectivity index (χ0) is 16.4. The van der Waals surface area contributed by atoms with E-state index in [0.717, 1.165) is 5.56 Å². The van der Waals surface area contributed by atoms with Gasteiger partial charge in [-0.05, 0) is 48.2 Å². The van der Waals surface area contributed by atoms with E-state index in [4.69, 9.17) is 0 Å². The number of phenols is 1. The molecule has 0 aromatic heterocycles. The lowest BCUT2D eigenvalue weighted by molar-refractivity contribution is -0.0474. The molecular weight excluding hydrogens is 297 g/mol. The van der Waals surface area contributed by atoms with Gasteiger partial charge in [-0.25, -0.2) is 4.39 Å². The van der Waals surface area contributed by atoms with Crippen molar-refractivity contribution in [1.82, 2.24) is 5.32 Å². The van der Waals surface area contributed by atoms with E-state index in [1.165, 1.54) is 12.1 Å². The van der Waals surface area contributed by atoms with Crippen LogP contribution in [0.4, 0.5) is 4.39 Å². The molecule has 1 heterocycles. The monoisotopic (exact) mass is 317 g/mol. The van der Waals surface area contributed by atoms with Gasteiger partial charge in [-0.15, -0.1) is 0 Å². The number of hydrogen-bond acceptors (Lipinski definition) is 4. The van der Waals surface area contributed by atoms with Crippen LogP contribution in [0.1, 0.15) is 36.1 Å². The van der Waals surface area contributed by atoms with Gasteiger partial charge in [0.25, 0.3) is 0 Å². The van der Waals surface area contributed by atoms with Gasteiger partial charge in [-0.3, -0.25) is 5.32 Å². The van der Waals surface area contributed by atoms with Crippen LogP contribution in [-0.4, -0.2) is 21.5 Å². The highest BCUT2D eigenvalue weighted by Crippen LogP contribution is 2.38. The van der Waals surface area contributed by atoms with Crippen LogP contribution in [0, 0.1) is 11.7 Å². The molecule has 5 heteroatoms. The van der Waals surface area contributed by atoms with Crippen LogP contribution in [0.15, 0.2) is 48.5 Å². The van der Waals surface area contributed by atoms with Gasteiger partial charge in [0.2, 0.25) is 0 Å². The number of aromatic hydroxyl groups is 1. The molecule has 1 fully saturated rings. The maximum Gasteiger partial charge on any atom is 0.123 e. The fourth-order valence-corrected chi connectivity index (χ4v) is 3.05. The standard InChI is InChI=1S/C18H20FNO3/c19-13-5-1-11(2-6-13)16(22)10-9-15-17(20-18(15)23)12-3-7-14(21)8-4-12/h1-8,15-18,20-23H,9-10H2/t15-,16+,17-,18?/m1/s1. The van der Waals surface area contributed by atoms with E-state index in [1.807, 2.05) is 12.1 Å². The van der Waals surface area contributed by atoms with Gasteiger partial charge in [0.15, 0.2) is 0 Å². The summed E-state index contributed by atoms with van der Waals surface area (Å²) in [4.78, 5) is 0. The van der Waals surface area contributed by atoms with Crippen LogP contribution in [0.25, 0.3) is 0 Å². The minimum Gasteiger partial charge on any atom is -0.508 e. The summed E-state index contributed by atoms with van der Waals surface area (Å²) in [7, 11) is 0. The highest BCUT2D eigenvalue weighted by atomic mass is 19.1. The maximum absolute atomic E-state index is 12.9. The number of phenolic OH excluding ortho intramolecular Hbond substituents is 1. The first-order valence-corrected chi connectivity index (χ1v) is 7.71. The molecule has 0 bridgehead atoms. The van der Waals surface area contributed by atoms with E-state index in [0.29, 0.717) is 18.4 Å². The number of aliphatic hydroxyl groups is 2. The first-order valence-electron chi connectivity index (χ1n) is 7.71. The van der Waals surface area contributed by atoms with E-state index in [9.17, 15) is 19.7 Å². The minimum atomic E-state index is -0.677. The molecule has 3 rings (SSSR count). The summed E-state index contributed by atoms with van der Waals surface area (Å²) in [5.41, 5.74) is 1.67. The minimum absolute atomic E-state index is 0.00496. The molecule has 0 radical (unpaired) electrons. The van der Waals surface area contributed by atoms with Crippen molar-refractivity contribution in [2.45, 2.75) is 31.2 Å². The first-order chi connectivity index (χ1) is 11.0. The Balaban J connectivity index is 1.60. The van der Waals surface area contributed by atoms with Crippen molar-refractivity contribution in [3.63, 3.8) is 0 Å². The Labute approximate surface area is 134 Å². The van der Waals surface area contributed by atoms with Crippen molar-refractivity contribution in [3.05, 3.63) is 65.5 Å². The molecule has 122 valence electrons. The molecule has 0 saturated carbocycles. The summed E-state index contributed by atoms with van der Waals surface area (Å²) < 4.78 is 12.9. The average molecular weight is 317 g/mol. The largest absolute Gasteiger partial charge is 0.508 e. The van der Waals surface area contributed by atoms with E-state index in [1.54, 1.807) is 24.3 Å². The number of rotatable bonds is 5. The van der Waals surface area contributed by atoms with Gasteiger partial charge < -0.3 is 15.3 Å². The summed E-state index contributed by atoms with van der Waals surface area (Å²) in [6.07, 6.45) is -0.153. The third kappa shape index (κ3) is 3.52. The normalized spacial score (nSPS) is 24.9. The molecule has 2 aromatic rings. The molecule has 1 aliphatic rings. The number of aliphatic hydroxyl groups excluding tert-OH is 2. The van der Waals surface area contributed by atoms with Crippen molar-refractivity contribution >= 4 is 0 Å². The summed E-state index contributed by atoms with van der Waals surface area (Å²) in [6, 6.07) is 12.7. The molecule has 0 amide bonds. The van der Waals surface area contributed by atoms with Crippen molar-refractivity contribution in [3.8, 4) is 5.75 Å². The topological polar surface area (TPSA) is 72.7 Å². The molecule has 0 aliphatic carbocycles. The zero-order valence-electron chi connectivity index (χ0n) is 12.6. The van der Waals surface area contributed by atoms with Crippen LogP contribution in [0.2, 0.25) is 0 Å². The lowest BCUT2D eigenvalue weighted by atomic mass is 9.80. The predicted octanol–water partition coefficient (Wildman–Crippen LogP) is 2.62. The summed E-state index contributed by atoms with van der Waals surface area (Å²) in [5.74, 6) is -0.126. The molecule has 4 nitrogen and oxygen atoms in total. The lowest BCUT2D eigenvalue weighted by Crippen LogP contribution is -2.55. The molecule has 2 aromatic carbocycles. The third-order valence-electron chi connectivity index (χ3n) is 4.46. The Morgan fingerprint density at radius 1 is 1.04 bits per heavy atom. The summed E-state index contributed by atoms with van der Waals surface area (Å²) in [6.45, 7) is 0. The third-order valence-corrected chi connectivity index (χ3v) is 4.46. The van der Waals surface area contributed by atoms with Crippen molar-refractivity contribution < 1.29 is 19.7 Å². The maximum atomic E-state index is 12.9. The molecular formula is C18H20FNO3. The Hall–Kier alpha value is -1.95. The molecule has 1 unspecified atom stereocenters. The van der Waals surface area contributed by atoms with Crippen LogP contribution < -0.4 is 5.32 Å². The Bertz CT molecular complexity index is 644. The molecule has 1 aliphatic heterocycles. The van der Waals surface area contributed by atoms with Gasteiger partial charge in [-0.2, -0.15) is 0 Å². The SMILES string of the molecule is Oc1ccc([C@H]2NC(O)[C@@H]2CC[C@H](O)c2ccc(F)cc2)cc1. The molecule has 4 atom stereocenters.